The molecule has 2 nitrogen and oxygen atoms in total. The predicted octanol–water partition coefficient (Wildman–Crippen LogP) is 2.10. The molecule has 0 bridgehead atoms. The molecule has 0 aliphatic heterocycles. The highest BCUT2D eigenvalue weighted by Crippen LogP contribution is 2.19. The van der Waals surface area contributed by atoms with Crippen molar-refractivity contribution in [2.24, 2.45) is 4.99 Å². The molecule has 0 aliphatic carbocycles. The largest absolute Gasteiger partial charge is 0.507 e. The Kier molecular flexibility index (Phi) is 3.36. The van der Waals surface area contributed by atoms with Gasteiger partial charge in [-0.25, -0.2) is 0 Å². The van der Waals surface area contributed by atoms with Crippen molar-refractivity contribution in [3.8, 4) is 18.1 Å². The van der Waals surface area contributed by atoms with E-state index < -0.39 is 0 Å². The van der Waals surface area contributed by atoms with E-state index in [2.05, 4.69) is 10.9 Å². The minimum absolute atomic E-state index is 0.144. The Morgan fingerprint density at radius 2 is 2.38 bits per heavy atom. The molecular weight excluding hydrogens is 186 g/mol. The third-order valence-electron chi connectivity index (χ3n) is 1.40. The van der Waals surface area contributed by atoms with Gasteiger partial charge in [0.1, 0.15) is 5.75 Å². The highest BCUT2D eigenvalue weighted by atomic mass is 35.5. The third kappa shape index (κ3) is 2.81. The minimum Gasteiger partial charge on any atom is -0.507 e. The predicted molar refractivity (Wildman–Crippen MR) is 54.4 cm³/mol. The van der Waals surface area contributed by atoms with Crippen molar-refractivity contribution in [1.82, 2.24) is 0 Å². The molecule has 0 atom stereocenters. The maximum Gasteiger partial charge on any atom is 0.124 e. The van der Waals surface area contributed by atoms with Crippen LogP contribution in [0.5, 0.6) is 5.75 Å². The van der Waals surface area contributed by atoms with Crippen LogP contribution in [0.2, 0.25) is 5.02 Å². The molecule has 0 fully saturated rings. The van der Waals surface area contributed by atoms with Crippen LogP contribution in [-0.2, 0) is 0 Å². The van der Waals surface area contributed by atoms with E-state index in [1.54, 1.807) is 12.1 Å². The summed E-state index contributed by atoms with van der Waals surface area (Å²) in [6, 6.07) is 4.74. The molecule has 0 spiro atoms. The number of hydrogen-bond acceptors (Lipinski definition) is 2. The van der Waals surface area contributed by atoms with E-state index in [-0.39, 0.29) is 5.75 Å². The number of phenols is 1. The molecule has 0 saturated carbocycles. The van der Waals surface area contributed by atoms with Gasteiger partial charge in [-0.1, -0.05) is 17.5 Å². The number of halogens is 1. The van der Waals surface area contributed by atoms with Crippen LogP contribution in [0.1, 0.15) is 5.56 Å². The fraction of sp³-hybridized carbons (Fsp3) is 0.100. The average molecular weight is 194 g/mol. The molecular formula is C10H8ClNO. The number of benzene rings is 1. The van der Waals surface area contributed by atoms with Gasteiger partial charge >= 0.3 is 0 Å². The van der Waals surface area contributed by atoms with Crippen molar-refractivity contribution in [3.05, 3.63) is 28.8 Å². The molecule has 0 amide bonds. The lowest BCUT2D eigenvalue weighted by Crippen LogP contribution is -1.83. The number of rotatable bonds is 2. The van der Waals surface area contributed by atoms with Crippen molar-refractivity contribution < 1.29 is 5.11 Å². The molecule has 1 aromatic carbocycles. The summed E-state index contributed by atoms with van der Waals surface area (Å²) in [6.07, 6.45) is 6.51. The number of phenolic OH excluding ortho intramolecular Hbond substituents is 1. The standard InChI is InChI=1S/C10H8ClNO/c1-2-5-12-7-8-6-9(11)3-4-10(8)13/h1,3-4,6-7,13H,5H2. The van der Waals surface area contributed by atoms with E-state index in [4.69, 9.17) is 18.0 Å². The Bertz CT molecular complexity index is 366. The Hall–Kier alpha value is -1.46. The summed E-state index contributed by atoms with van der Waals surface area (Å²) in [6.45, 7) is 0.298. The molecule has 0 unspecified atom stereocenters. The van der Waals surface area contributed by atoms with E-state index in [1.165, 1.54) is 12.3 Å². The smallest absolute Gasteiger partial charge is 0.124 e. The summed E-state index contributed by atoms with van der Waals surface area (Å²) in [5.74, 6) is 2.50. The van der Waals surface area contributed by atoms with Gasteiger partial charge in [0.05, 0.1) is 6.54 Å². The fourth-order valence-corrected chi connectivity index (χ4v) is 1.01. The Balaban J connectivity index is 2.88. The van der Waals surface area contributed by atoms with Gasteiger partial charge in [-0.3, -0.25) is 4.99 Å². The number of nitrogens with zero attached hydrogens (tertiary/aromatic N) is 1. The molecule has 1 aromatic rings. The van der Waals surface area contributed by atoms with Gasteiger partial charge in [-0.15, -0.1) is 6.42 Å². The first-order valence-corrected chi connectivity index (χ1v) is 4.03. The van der Waals surface area contributed by atoms with Gasteiger partial charge in [-0.05, 0) is 18.2 Å². The monoisotopic (exact) mass is 193 g/mol. The Morgan fingerprint density at radius 3 is 3.08 bits per heavy atom. The molecule has 1 N–H and O–H groups in total. The quantitative estimate of drug-likeness (QED) is 0.566. The summed E-state index contributed by atoms with van der Waals surface area (Å²) in [4.78, 5) is 3.88. The van der Waals surface area contributed by atoms with Crippen LogP contribution in [0.4, 0.5) is 0 Å². The summed E-state index contributed by atoms with van der Waals surface area (Å²) in [5.41, 5.74) is 0.572. The lowest BCUT2D eigenvalue weighted by molar-refractivity contribution is 0.474. The summed E-state index contributed by atoms with van der Waals surface area (Å²) in [5, 5.41) is 9.89. The first-order valence-electron chi connectivity index (χ1n) is 3.66. The lowest BCUT2D eigenvalue weighted by Gasteiger charge is -1.97. The van der Waals surface area contributed by atoms with E-state index in [0.717, 1.165) is 0 Å². The van der Waals surface area contributed by atoms with Crippen LogP contribution < -0.4 is 0 Å². The molecule has 13 heavy (non-hydrogen) atoms. The van der Waals surface area contributed by atoms with Crippen LogP contribution in [0.15, 0.2) is 23.2 Å². The molecule has 0 aliphatic rings. The van der Waals surface area contributed by atoms with Crippen molar-refractivity contribution in [1.29, 1.82) is 0 Å². The topological polar surface area (TPSA) is 32.6 Å². The van der Waals surface area contributed by atoms with Gasteiger partial charge in [-0.2, -0.15) is 0 Å². The van der Waals surface area contributed by atoms with Gasteiger partial charge in [0.25, 0.3) is 0 Å². The maximum absolute atomic E-state index is 9.33. The second kappa shape index (κ2) is 4.54. The first-order chi connectivity index (χ1) is 6.24. The van der Waals surface area contributed by atoms with Crippen molar-refractivity contribution in [3.63, 3.8) is 0 Å². The van der Waals surface area contributed by atoms with E-state index in [9.17, 15) is 5.11 Å². The molecule has 3 heteroatoms. The van der Waals surface area contributed by atoms with Gasteiger partial charge in [0, 0.05) is 16.8 Å². The summed E-state index contributed by atoms with van der Waals surface area (Å²) < 4.78 is 0. The molecule has 0 radical (unpaired) electrons. The zero-order valence-corrected chi connectivity index (χ0v) is 7.62. The normalized spacial score (nSPS) is 10.2. The van der Waals surface area contributed by atoms with Gasteiger partial charge < -0.3 is 5.11 Å². The third-order valence-corrected chi connectivity index (χ3v) is 1.64. The van der Waals surface area contributed by atoms with Crippen molar-refractivity contribution in [2.75, 3.05) is 6.54 Å². The zero-order valence-electron chi connectivity index (χ0n) is 6.87. The Labute approximate surface area is 81.9 Å². The molecule has 0 aromatic heterocycles. The molecule has 1 rings (SSSR count). The molecule has 0 heterocycles. The zero-order chi connectivity index (χ0) is 9.68. The highest BCUT2D eigenvalue weighted by Gasteiger charge is 1.97. The second-order valence-electron chi connectivity index (χ2n) is 2.38. The number of hydrogen-bond donors (Lipinski definition) is 1. The van der Waals surface area contributed by atoms with E-state index in [1.807, 2.05) is 0 Å². The van der Waals surface area contributed by atoms with E-state index >= 15 is 0 Å². The average Bonchev–Trinajstić information content (AvgIpc) is 2.11. The Morgan fingerprint density at radius 1 is 1.62 bits per heavy atom. The van der Waals surface area contributed by atoms with Crippen LogP contribution in [0.25, 0.3) is 0 Å². The van der Waals surface area contributed by atoms with Crippen LogP contribution >= 0.6 is 11.6 Å². The van der Waals surface area contributed by atoms with E-state index in [0.29, 0.717) is 17.1 Å². The van der Waals surface area contributed by atoms with Gasteiger partial charge in [0.2, 0.25) is 0 Å². The van der Waals surface area contributed by atoms with Crippen LogP contribution in [0.3, 0.4) is 0 Å². The molecule has 0 saturated heterocycles. The summed E-state index contributed by atoms with van der Waals surface area (Å²) >= 11 is 5.72. The number of aromatic hydroxyl groups is 1. The van der Waals surface area contributed by atoms with Crippen LogP contribution in [-0.4, -0.2) is 17.9 Å². The number of aliphatic imine (C=N–C) groups is 1. The lowest BCUT2D eigenvalue weighted by atomic mass is 10.2. The fourth-order valence-electron chi connectivity index (χ4n) is 0.825. The SMILES string of the molecule is C#CCN=Cc1cc(Cl)ccc1O. The second-order valence-corrected chi connectivity index (χ2v) is 2.81. The highest BCUT2D eigenvalue weighted by molar-refractivity contribution is 6.30. The van der Waals surface area contributed by atoms with Crippen LogP contribution in [0, 0.1) is 12.3 Å². The summed E-state index contributed by atoms with van der Waals surface area (Å²) in [7, 11) is 0. The van der Waals surface area contributed by atoms with Crippen molar-refractivity contribution in [2.45, 2.75) is 0 Å². The maximum atomic E-state index is 9.33. The van der Waals surface area contributed by atoms with Crippen molar-refractivity contribution >= 4 is 17.8 Å². The number of terminal acetylenes is 1. The molecule has 66 valence electrons. The minimum atomic E-state index is 0.144. The first kappa shape index (κ1) is 9.63. The van der Waals surface area contributed by atoms with Gasteiger partial charge in [0.15, 0.2) is 0 Å².